The van der Waals surface area contributed by atoms with E-state index in [2.05, 4.69) is 15.4 Å². The van der Waals surface area contributed by atoms with Crippen LogP contribution in [0, 0.1) is 0 Å². The van der Waals surface area contributed by atoms with E-state index < -0.39 is 23.7 Å². The summed E-state index contributed by atoms with van der Waals surface area (Å²) in [4.78, 5) is 31.2. The van der Waals surface area contributed by atoms with Crippen LogP contribution in [-0.2, 0) is 23.8 Å². The molecule has 0 spiro atoms. The van der Waals surface area contributed by atoms with E-state index in [4.69, 9.17) is 4.74 Å². The summed E-state index contributed by atoms with van der Waals surface area (Å²) < 4.78 is 47.3. The molecule has 180 valence electrons. The maximum absolute atomic E-state index is 13.8. The van der Waals surface area contributed by atoms with Gasteiger partial charge in [0.25, 0.3) is 5.91 Å². The van der Waals surface area contributed by atoms with Crippen molar-refractivity contribution in [2.24, 2.45) is 0 Å². The van der Waals surface area contributed by atoms with Crippen molar-refractivity contribution in [2.75, 3.05) is 11.9 Å². The van der Waals surface area contributed by atoms with Gasteiger partial charge in [-0.3, -0.25) is 4.79 Å². The zero-order valence-corrected chi connectivity index (χ0v) is 19.3. The first-order chi connectivity index (χ1) is 16.8. The number of halogens is 3. The van der Waals surface area contributed by atoms with Crippen LogP contribution in [0.15, 0.2) is 42.6 Å². The van der Waals surface area contributed by atoms with E-state index in [-0.39, 0.29) is 23.5 Å². The first kappa shape index (κ1) is 23.0. The Morgan fingerprint density at radius 3 is 2.69 bits per heavy atom. The molecule has 1 aromatic carbocycles. The molecule has 0 radical (unpaired) electrons. The number of carbonyl (C=O) groups excluding carboxylic acids is 2. The number of anilines is 1. The van der Waals surface area contributed by atoms with E-state index in [9.17, 15) is 22.8 Å². The zero-order chi connectivity index (χ0) is 24.7. The van der Waals surface area contributed by atoms with Gasteiger partial charge in [-0.25, -0.2) is 14.3 Å². The molecule has 4 aromatic rings. The van der Waals surface area contributed by atoms with Crippen LogP contribution in [0.1, 0.15) is 50.2 Å². The SMILES string of the molecule is CCOC(=O)c1c(NC(=O)c2cnn3c(C(F)(F)F)cc(-c4ccccc4)nc23)sc2c1CCC2. The number of fused-ring (bicyclic) bond motifs is 2. The number of esters is 1. The van der Waals surface area contributed by atoms with E-state index in [1.807, 2.05) is 0 Å². The molecule has 0 aliphatic heterocycles. The van der Waals surface area contributed by atoms with Crippen molar-refractivity contribution in [1.82, 2.24) is 14.6 Å². The molecule has 35 heavy (non-hydrogen) atoms. The number of ether oxygens (including phenoxy) is 1. The molecule has 0 bridgehead atoms. The van der Waals surface area contributed by atoms with Gasteiger partial charge in [0.15, 0.2) is 11.3 Å². The number of benzene rings is 1. The van der Waals surface area contributed by atoms with Gasteiger partial charge in [0.2, 0.25) is 0 Å². The molecule has 1 N–H and O–H groups in total. The number of nitrogens with zero attached hydrogens (tertiary/aromatic N) is 3. The fraction of sp³-hybridized carbons (Fsp3) is 0.250. The second kappa shape index (κ2) is 8.81. The summed E-state index contributed by atoms with van der Waals surface area (Å²) in [6.45, 7) is 1.87. The Kier molecular flexibility index (Phi) is 5.79. The summed E-state index contributed by atoms with van der Waals surface area (Å²) in [5, 5.41) is 6.81. The standard InChI is InChI=1S/C24H19F3N4O3S/c1-2-34-23(33)19-14-9-6-10-17(14)35-22(19)30-21(32)15-12-28-31-18(24(25,26)27)11-16(29-20(15)31)13-7-4-3-5-8-13/h3-5,7-8,11-12H,2,6,9-10H2,1H3,(H,30,32). The molecule has 0 atom stereocenters. The van der Waals surface area contributed by atoms with Crippen molar-refractivity contribution in [3.05, 3.63) is 69.9 Å². The fourth-order valence-corrected chi connectivity index (χ4v) is 5.44. The van der Waals surface area contributed by atoms with Gasteiger partial charge in [0.05, 0.1) is 24.1 Å². The lowest BCUT2D eigenvalue weighted by molar-refractivity contribution is -0.142. The van der Waals surface area contributed by atoms with Gasteiger partial charge >= 0.3 is 12.1 Å². The summed E-state index contributed by atoms with van der Waals surface area (Å²) in [7, 11) is 0. The molecule has 1 amide bonds. The van der Waals surface area contributed by atoms with Crippen LogP contribution in [-0.4, -0.2) is 33.1 Å². The molecule has 0 fully saturated rings. The molecule has 7 nitrogen and oxygen atoms in total. The minimum Gasteiger partial charge on any atom is -0.462 e. The van der Waals surface area contributed by atoms with Gasteiger partial charge in [0, 0.05) is 10.4 Å². The Hall–Kier alpha value is -3.73. The van der Waals surface area contributed by atoms with Gasteiger partial charge in [-0.15, -0.1) is 11.3 Å². The Morgan fingerprint density at radius 2 is 1.97 bits per heavy atom. The van der Waals surface area contributed by atoms with Crippen LogP contribution in [0.5, 0.6) is 0 Å². The topological polar surface area (TPSA) is 85.6 Å². The second-order valence-electron chi connectivity index (χ2n) is 7.92. The summed E-state index contributed by atoms with van der Waals surface area (Å²) in [5.41, 5.74) is 0.252. The maximum Gasteiger partial charge on any atom is 0.433 e. The van der Waals surface area contributed by atoms with Crippen molar-refractivity contribution in [3.8, 4) is 11.3 Å². The van der Waals surface area contributed by atoms with E-state index in [0.29, 0.717) is 27.1 Å². The van der Waals surface area contributed by atoms with E-state index in [1.165, 1.54) is 11.3 Å². The van der Waals surface area contributed by atoms with Crippen LogP contribution in [0.25, 0.3) is 16.9 Å². The molecule has 1 aliphatic rings. The number of hydrogen-bond donors (Lipinski definition) is 1. The van der Waals surface area contributed by atoms with Crippen LogP contribution < -0.4 is 5.32 Å². The molecule has 0 saturated carbocycles. The van der Waals surface area contributed by atoms with Crippen molar-refractivity contribution in [3.63, 3.8) is 0 Å². The number of thiophene rings is 1. The lowest BCUT2D eigenvalue weighted by Crippen LogP contribution is -2.17. The van der Waals surface area contributed by atoms with Gasteiger partial charge in [-0.1, -0.05) is 30.3 Å². The van der Waals surface area contributed by atoms with E-state index in [0.717, 1.165) is 35.5 Å². The average Bonchev–Trinajstić information content (AvgIpc) is 3.52. The minimum atomic E-state index is -4.73. The van der Waals surface area contributed by atoms with Crippen LogP contribution in [0.3, 0.4) is 0 Å². The van der Waals surface area contributed by atoms with E-state index in [1.54, 1.807) is 37.3 Å². The van der Waals surface area contributed by atoms with Gasteiger partial charge < -0.3 is 10.1 Å². The van der Waals surface area contributed by atoms with Crippen molar-refractivity contribution in [2.45, 2.75) is 32.4 Å². The number of nitrogens with one attached hydrogen (secondary N) is 1. The smallest absolute Gasteiger partial charge is 0.433 e. The van der Waals surface area contributed by atoms with Crippen molar-refractivity contribution in [1.29, 1.82) is 0 Å². The van der Waals surface area contributed by atoms with Crippen LogP contribution in [0.4, 0.5) is 18.2 Å². The Labute approximate surface area is 201 Å². The van der Waals surface area contributed by atoms with Gasteiger partial charge in [-0.2, -0.15) is 18.3 Å². The highest BCUT2D eigenvalue weighted by Gasteiger charge is 2.36. The zero-order valence-electron chi connectivity index (χ0n) is 18.5. The van der Waals surface area contributed by atoms with Gasteiger partial charge in [0.1, 0.15) is 10.6 Å². The Bertz CT molecular complexity index is 1440. The molecule has 0 saturated heterocycles. The predicted molar refractivity (Wildman–Crippen MR) is 124 cm³/mol. The number of rotatable bonds is 5. The molecule has 5 rings (SSSR count). The molecular formula is C24H19F3N4O3S. The molecule has 0 unspecified atom stereocenters. The number of aromatic nitrogens is 3. The normalized spacial score (nSPS) is 13.1. The first-order valence-corrected chi connectivity index (χ1v) is 11.7. The Balaban J connectivity index is 1.58. The molecular weight excluding hydrogens is 481 g/mol. The van der Waals surface area contributed by atoms with Gasteiger partial charge in [-0.05, 0) is 37.8 Å². The maximum atomic E-state index is 13.8. The molecule has 1 aliphatic carbocycles. The fourth-order valence-electron chi connectivity index (χ4n) is 4.16. The van der Waals surface area contributed by atoms with Crippen molar-refractivity contribution < 1.29 is 27.5 Å². The Morgan fingerprint density at radius 1 is 1.20 bits per heavy atom. The number of alkyl halides is 3. The second-order valence-corrected chi connectivity index (χ2v) is 9.03. The lowest BCUT2D eigenvalue weighted by atomic mass is 10.1. The molecule has 11 heteroatoms. The summed E-state index contributed by atoms with van der Waals surface area (Å²) >= 11 is 1.28. The quantitative estimate of drug-likeness (QED) is 0.371. The van der Waals surface area contributed by atoms with Crippen LogP contribution in [0.2, 0.25) is 0 Å². The first-order valence-electron chi connectivity index (χ1n) is 10.9. The number of carbonyl (C=O) groups is 2. The lowest BCUT2D eigenvalue weighted by Gasteiger charge is -2.12. The van der Waals surface area contributed by atoms with Crippen molar-refractivity contribution >= 4 is 33.9 Å². The third kappa shape index (κ3) is 4.16. The number of aryl methyl sites for hydroxylation is 1. The highest BCUT2D eigenvalue weighted by Crippen LogP contribution is 2.40. The largest absolute Gasteiger partial charge is 0.462 e. The van der Waals surface area contributed by atoms with E-state index >= 15 is 0 Å². The summed E-state index contributed by atoms with van der Waals surface area (Å²) in [6.07, 6.45) is -1.29. The summed E-state index contributed by atoms with van der Waals surface area (Å²) in [6, 6.07) is 9.28. The highest BCUT2D eigenvalue weighted by atomic mass is 32.1. The highest BCUT2D eigenvalue weighted by molar-refractivity contribution is 7.17. The molecule has 3 heterocycles. The van der Waals surface area contributed by atoms with Crippen LogP contribution >= 0.6 is 11.3 Å². The molecule has 3 aromatic heterocycles. The monoisotopic (exact) mass is 500 g/mol. The predicted octanol–water partition coefficient (Wildman–Crippen LogP) is 5.39. The third-order valence-corrected chi connectivity index (χ3v) is 6.91. The summed E-state index contributed by atoms with van der Waals surface area (Å²) in [5.74, 6) is -1.25. The average molecular weight is 501 g/mol. The minimum absolute atomic E-state index is 0.0577. The third-order valence-electron chi connectivity index (χ3n) is 5.70. The number of amides is 1. The number of hydrogen-bond acceptors (Lipinski definition) is 6.